The molecule has 4 rings (SSSR count). The number of nitrogens with two attached hydrogens (primary N) is 1. The van der Waals surface area contributed by atoms with Crippen LogP contribution < -0.4 is 5.73 Å². The number of rotatable bonds is 8. The number of hydrogen-bond acceptors (Lipinski definition) is 3. The Hall–Kier alpha value is -3.17. The van der Waals surface area contributed by atoms with Crippen molar-refractivity contribution in [2.45, 2.75) is 32.3 Å². The molecule has 0 radical (unpaired) electrons. The third-order valence-electron chi connectivity index (χ3n) is 6.07. The van der Waals surface area contributed by atoms with Crippen LogP contribution in [-0.2, 0) is 17.3 Å². The van der Waals surface area contributed by atoms with Crippen LogP contribution in [0.5, 0.6) is 0 Å². The van der Waals surface area contributed by atoms with E-state index in [1.807, 2.05) is 19.1 Å². The molecule has 1 atom stereocenters. The van der Waals surface area contributed by atoms with Gasteiger partial charge in [-0.05, 0) is 92.9 Å². The maximum atomic E-state index is 14.9. The van der Waals surface area contributed by atoms with Crippen LogP contribution in [0.1, 0.15) is 36.6 Å². The number of piperidine rings is 1. The molecular formula is C26H30F3N5O. The number of nitrogens with one attached hydrogen (secondary N) is 1. The van der Waals surface area contributed by atoms with Gasteiger partial charge in [-0.2, -0.15) is 8.78 Å². The molecule has 0 bridgehead atoms. The monoisotopic (exact) mass is 485 g/mol. The molecule has 1 unspecified atom stereocenters. The SMILES string of the molecule is CC1=CC(N=C(N=C(N)C(F)(F)c2ccc(F)cc2)c2cc(COCC3CCCN(C)C3)c[nH]2)=C1. The van der Waals surface area contributed by atoms with Crippen LogP contribution in [-0.4, -0.2) is 48.3 Å². The van der Waals surface area contributed by atoms with Crippen molar-refractivity contribution in [2.75, 3.05) is 26.7 Å². The third kappa shape index (κ3) is 6.29. The van der Waals surface area contributed by atoms with E-state index in [1.165, 1.54) is 6.42 Å². The number of H-pyrrole nitrogens is 1. The number of aromatic nitrogens is 1. The highest BCUT2D eigenvalue weighted by atomic mass is 19.3. The Morgan fingerprint density at radius 1 is 1.26 bits per heavy atom. The van der Waals surface area contributed by atoms with E-state index >= 15 is 0 Å². The predicted molar refractivity (Wildman–Crippen MR) is 131 cm³/mol. The number of aliphatic imine (C=N–C) groups is 2. The minimum atomic E-state index is -3.60. The predicted octanol–water partition coefficient (Wildman–Crippen LogP) is 4.75. The van der Waals surface area contributed by atoms with Crippen molar-refractivity contribution in [3.63, 3.8) is 0 Å². The van der Waals surface area contributed by atoms with Crippen LogP contribution >= 0.6 is 0 Å². The molecule has 0 saturated carbocycles. The van der Waals surface area contributed by atoms with Crippen LogP contribution in [0.3, 0.4) is 0 Å². The molecule has 186 valence electrons. The first-order chi connectivity index (χ1) is 16.7. The van der Waals surface area contributed by atoms with Crippen molar-refractivity contribution in [3.05, 3.63) is 82.6 Å². The summed E-state index contributed by atoms with van der Waals surface area (Å²) < 4.78 is 49.0. The van der Waals surface area contributed by atoms with Gasteiger partial charge in [-0.3, -0.25) is 0 Å². The summed E-state index contributed by atoms with van der Waals surface area (Å²) in [6, 6.07) is 5.67. The Balaban J connectivity index is 1.50. The second-order valence-electron chi connectivity index (χ2n) is 9.18. The fraction of sp³-hybridized carbons (Fsp3) is 0.385. The number of hydrogen-bond donors (Lipinski definition) is 2. The van der Waals surface area contributed by atoms with Gasteiger partial charge in [0, 0.05) is 18.3 Å². The van der Waals surface area contributed by atoms with Crippen molar-refractivity contribution in [3.8, 4) is 0 Å². The maximum absolute atomic E-state index is 14.9. The quantitative estimate of drug-likeness (QED) is 0.418. The Morgan fingerprint density at radius 3 is 2.69 bits per heavy atom. The lowest BCUT2D eigenvalue weighted by molar-refractivity contribution is 0.0579. The molecule has 2 heterocycles. The molecule has 2 aromatic rings. The van der Waals surface area contributed by atoms with Gasteiger partial charge >= 0.3 is 5.92 Å². The smallest absolute Gasteiger partial charge is 0.329 e. The molecule has 1 aliphatic heterocycles. The van der Waals surface area contributed by atoms with Crippen LogP contribution in [0.4, 0.5) is 13.2 Å². The number of nitrogens with zero attached hydrogens (tertiary/aromatic N) is 3. The number of allylic oxidation sites excluding steroid dienone is 3. The molecule has 0 spiro atoms. The topological polar surface area (TPSA) is 79.0 Å². The first kappa shape index (κ1) is 24.9. The van der Waals surface area contributed by atoms with E-state index < -0.39 is 23.1 Å². The number of benzene rings is 1. The zero-order valence-electron chi connectivity index (χ0n) is 19.9. The van der Waals surface area contributed by atoms with E-state index in [0.717, 1.165) is 54.9 Å². The molecule has 9 heteroatoms. The lowest BCUT2D eigenvalue weighted by Crippen LogP contribution is -2.34. The lowest BCUT2D eigenvalue weighted by atomic mass is 10.00. The summed E-state index contributed by atoms with van der Waals surface area (Å²) in [6.45, 7) is 5.10. The van der Waals surface area contributed by atoms with Gasteiger partial charge in [-0.1, -0.05) is 0 Å². The Bertz CT molecular complexity index is 1160. The van der Waals surface area contributed by atoms with Crippen molar-refractivity contribution in [1.82, 2.24) is 9.88 Å². The van der Waals surface area contributed by atoms with E-state index in [-0.39, 0.29) is 5.84 Å². The number of ether oxygens (including phenoxy) is 1. The fourth-order valence-corrected chi connectivity index (χ4v) is 4.18. The number of amidine groups is 2. The first-order valence-electron chi connectivity index (χ1n) is 11.6. The number of aromatic amines is 1. The first-order valence-corrected chi connectivity index (χ1v) is 11.6. The summed E-state index contributed by atoms with van der Waals surface area (Å²) in [7, 11) is 2.12. The van der Waals surface area contributed by atoms with Gasteiger partial charge in [-0.15, -0.1) is 0 Å². The van der Waals surface area contributed by atoms with Gasteiger partial charge in [0.25, 0.3) is 0 Å². The number of likely N-dealkylation sites (tertiary alicyclic amines) is 1. The van der Waals surface area contributed by atoms with Gasteiger partial charge in [0.05, 0.1) is 24.6 Å². The van der Waals surface area contributed by atoms with E-state index in [9.17, 15) is 13.2 Å². The van der Waals surface area contributed by atoms with E-state index in [0.29, 0.717) is 30.5 Å². The fourth-order valence-electron chi connectivity index (χ4n) is 4.18. The highest BCUT2D eigenvalue weighted by molar-refractivity contribution is 6.07. The minimum absolute atomic E-state index is 0.0273. The molecule has 6 nitrogen and oxygen atoms in total. The molecule has 0 amide bonds. The second-order valence-corrected chi connectivity index (χ2v) is 9.18. The second kappa shape index (κ2) is 10.6. The van der Waals surface area contributed by atoms with Crippen molar-refractivity contribution < 1.29 is 17.9 Å². The number of halogens is 3. The molecule has 1 aromatic heterocycles. The van der Waals surface area contributed by atoms with Gasteiger partial charge < -0.3 is 20.4 Å². The zero-order valence-corrected chi connectivity index (χ0v) is 19.9. The van der Waals surface area contributed by atoms with Crippen LogP contribution in [0.25, 0.3) is 0 Å². The van der Waals surface area contributed by atoms with Crippen LogP contribution in [0, 0.1) is 11.7 Å². The van der Waals surface area contributed by atoms with Crippen molar-refractivity contribution in [1.29, 1.82) is 0 Å². The maximum Gasteiger partial charge on any atom is 0.329 e. The molecule has 1 aliphatic carbocycles. The molecule has 2 aliphatic rings. The minimum Gasteiger partial charge on any atom is -0.382 e. The lowest BCUT2D eigenvalue weighted by Gasteiger charge is -2.29. The standard InChI is InChI=1S/C26H30F3N5O/c1-17-10-22(11-17)32-24(33-25(30)26(28,29)20-5-7-21(27)8-6-20)23-12-19(13-31-23)16-35-15-18-4-3-9-34(2)14-18/h5-8,10-13,18,31H,3-4,9,14-16H2,1-2H3,(H2,30,32,33). The Labute approximate surface area is 203 Å². The average Bonchev–Trinajstić information content (AvgIpc) is 3.26. The largest absolute Gasteiger partial charge is 0.382 e. The van der Waals surface area contributed by atoms with E-state index in [2.05, 4.69) is 26.9 Å². The summed E-state index contributed by atoms with van der Waals surface area (Å²) in [4.78, 5) is 13.8. The Morgan fingerprint density at radius 2 is 2.00 bits per heavy atom. The molecule has 3 N–H and O–H groups in total. The van der Waals surface area contributed by atoms with Crippen molar-refractivity contribution >= 4 is 11.7 Å². The van der Waals surface area contributed by atoms with Gasteiger partial charge in [0.2, 0.25) is 0 Å². The molecule has 1 fully saturated rings. The van der Waals surface area contributed by atoms with Gasteiger partial charge in [0.15, 0.2) is 11.7 Å². The molecule has 35 heavy (non-hydrogen) atoms. The average molecular weight is 486 g/mol. The summed E-state index contributed by atoms with van der Waals surface area (Å²) >= 11 is 0. The van der Waals surface area contributed by atoms with Gasteiger partial charge in [0.1, 0.15) is 5.82 Å². The highest BCUT2D eigenvalue weighted by Crippen LogP contribution is 2.29. The van der Waals surface area contributed by atoms with E-state index in [1.54, 1.807) is 12.3 Å². The molecular weight excluding hydrogens is 455 g/mol. The van der Waals surface area contributed by atoms with Crippen LogP contribution in [0.15, 0.2) is 69.9 Å². The normalized spacial score (nSPS) is 19.9. The summed E-state index contributed by atoms with van der Waals surface area (Å²) in [5.41, 5.74) is 8.22. The summed E-state index contributed by atoms with van der Waals surface area (Å²) in [5.74, 6) is -4.61. The zero-order chi connectivity index (χ0) is 25.0. The Kier molecular flexibility index (Phi) is 7.57. The van der Waals surface area contributed by atoms with Crippen molar-refractivity contribution in [2.24, 2.45) is 21.6 Å². The van der Waals surface area contributed by atoms with Crippen LogP contribution in [0.2, 0.25) is 0 Å². The van der Waals surface area contributed by atoms with E-state index in [4.69, 9.17) is 10.5 Å². The summed E-state index contributed by atoms with van der Waals surface area (Å²) in [6.07, 6.45) is 7.70. The molecule has 1 saturated heterocycles. The number of alkyl halides is 2. The third-order valence-corrected chi connectivity index (χ3v) is 6.07. The van der Waals surface area contributed by atoms with Gasteiger partial charge in [-0.25, -0.2) is 14.4 Å². The molecule has 1 aromatic carbocycles. The highest BCUT2D eigenvalue weighted by Gasteiger charge is 2.37. The summed E-state index contributed by atoms with van der Waals surface area (Å²) in [5, 5.41) is 0.